The van der Waals surface area contributed by atoms with Crippen LogP contribution in [-0.4, -0.2) is 40.5 Å². The molecule has 2 aromatic rings. The number of anilines is 1. The van der Waals surface area contributed by atoms with Crippen LogP contribution in [0, 0.1) is 0 Å². The molecule has 0 aliphatic carbocycles. The van der Waals surface area contributed by atoms with E-state index in [9.17, 15) is 13.2 Å². The fourth-order valence-electron chi connectivity index (χ4n) is 2.57. The highest BCUT2D eigenvalue weighted by Gasteiger charge is 2.26. The molecular formula is C19H26ClN3O3S. The van der Waals surface area contributed by atoms with E-state index in [0.717, 1.165) is 6.54 Å². The summed E-state index contributed by atoms with van der Waals surface area (Å²) >= 11 is 0. The van der Waals surface area contributed by atoms with Crippen molar-refractivity contribution in [3.8, 4) is 0 Å². The number of rotatable bonds is 8. The van der Waals surface area contributed by atoms with Gasteiger partial charge in [0.05, 0.1) is 11.3 Å². The van der Waals surface area contributed by atoms with Gasteiger partial charge in [0, 0.05) is 19.6 Å². The number of para-hydroxylation sites is 1. The third kappa shape index (κ3) is 5.69. The minimum Gasteiger partial charge on any atom is -0.350 e. The summed E-state index contributed by atoms with van der Waals surface area (Å²) in [6, 6.07) is 15.1. The van der Waals surface area contributed by atoms with E-state index in [-0.39, 0.29) is 28.9 Å². The Bertz CT molecular complexity index is 844. The zero-order valence-corrected chi connectivity index (χ0v) is 17.3. The van der Waals surface area contributed by atoms with Crippen LogP contribution in [0.25, 0.3) is 0 Å². The molecule has 2 rings (SSSR count). The average molecular weight is 412 g/mol. The molecule has 0 spiro atoms. The first kappa shape index (κ1) is 23.0. The molecule has 8 heteroatoms. The van der Waals surface area contributed by atoms with E-state index in [1.54, 1.807) is 36.4 Å². The van der Waals surface area contributed by atoms with Gasteiger partial charge in [-0.25, -0.2) is 8.42 Å². The van der Waals surface area contributed by atoms with Crippen LogP contribution < -0.4 is 14.9 Å². The molecule has 1 atom stereocenters. The largest absolute Gasteiger partial charge is 0.350 e. The van der Waals surface area contributed by atoms with Crippen molar-refractivity contribution < 1.29 is 13.2 Å². The van der Waals surface area contributed by atoms with Crippen molar-refractivity contribution in [2.24, 2.45) is 0 Å². The molecule has 2 N–H and O–H groups in total. The highest BCUT2D eigenvalue weighted by Crippen LogP contribution is 2.24. The SMILES string of the molecule is CCN[C@H](C)CNC(=O)c1ccccc1S(=O)(=O)N(C)c1ccccc1.Cl. The Morgan fingerprint density at radius 3 is 2.30 bits per heavy atom. The third-order valence-corrected chi connectivity index (χ3v) is 5.86. The highest BCUT2D eigenvalue weighted by molar-refractivity contribution is 7.92. The van der Waals surface area contributed by atoms with Gasteiger partial charge in [-0.05, 0) is 37.7 Å². The molecule has 0 aliphatic rings. The molecule has 1 amide bonds. The van der Waals surface area contributed by atoms with Gasteiger partial charge in [0.25, 0.3) is 15.9 Å². The van der Waals surface area contributed by atoms with E-state index in [2.05, 4.69) is 10.6 Å². The summed E-state index contributed by atoms with van der Waals surface area (Å²) in [6.07, 6.45) is 0. The van der Waals surface area contributed by atoms with Crippen LogP contribution in [0.5, 0.6) is 0 Å². The van der Waals surface area contributed by atoms with Gasteiger partial charge >= 0.3 is 0 Å². The average Bonchev–Trinajstić information content (AvgIpc) is 2.66. The number of sulfonamides is 1. The van der Waals surface area contributed by atoms with Crippen LogP contribution in [0.4, 0.5) is 5.69 Å². The number of carbonyl (C=O) groups is 1. The predicted molar refractivity (Wildman–Crippen MR) is 111 cm³/mol. The molecule has 148 valence electrons. The van der Waals surface area contributed by atoms with E-state index in [4.69, 9.17) is 0 Å². The number of hydrogen-bond acceptors (Lipinski definition) is 4. The maximum Gasteiger partial charge on any atom is 0.264 e. The van der Waals surface area contributed by atoms with Crippen molar-refractivity contribution in [3.05, 3.63) is 60.2 Å². The molecule has 6 nitrogen and oxygen atoms in total. The van der Waals surface area contributed by atoms with Gasteiger partial charge in [0.15, 0.2) is 0 Å². The van der Waals surface area contributed by atoms with Gasteiger partial charge in [-0.3, -0.25) is 9.10 Å². The fraction of sp³-hybridized carbons (Fsp3) is 0.316. The second-order valence-electron chi connectivity index (χ2n) is 5.97. The molecule has 0 heterocycles. The topological polar surface area (TPSA) is 78.5 Å². The molecule has 2 aromatic carbocycles. The summed E-state index contributed by atoms with van der Waals surface area (Å²) in [7, 11) is -2.38. The van der Waals surface area contributed by atoms with Gasteiger partial charge in [-0.15, -0.1) is 12.4 Å². The Hall–Kier alpha value is -2.09. The first-order valence-corrected chi connectivity index (χ1v) is 9.96. The fourth-order valence-corrected chi connectivity index (χ4v) is 3.95. The van der Waals surface area contributed by atoms with Gasteiger partial charge in [-0.2, -0.15) is 0 Å². The molecular weight excluding hydrogens is 386 g/mol. The second-order valence-corrected chi connectivity index (χ2v) is 7.91. The smallest absolute Gasteiger partial charge is 0.264 e. The minimum atomic E-state index is -3.86. The molecule has 0 bridgehead atoms. The normalized spacial score (nSPS) is 12.0. The number of likely N-dealkylation sites (N-methyl/N-ethyl adjacent to an activating group) is 1. The molecule has 0 radical (unpaired) electrons. The van der Waals surface area contributed by atoms with Gasteiger partial charge in [0.1, 0.15) is 4.90 Å². The lowest BCUT2D eigenvalue weighted by Gasteiger charge is -2.21. The van der Waals surface area contributed by atoms with Crippen LogP contribution in [0.3, 0.4) is 0 Å². The van der Waals surface area contributed by atoms with Crippen molar-refractivity contribution in [3.63, 3.8) is 0 Å². The molecule has 0 fully saturated rings. The maximum atomic E-state index is 13.0. The van der Waals surface area contributed by atoms with Crippen molar-refractivity contribution in [1.82, 2.24) is 10.6 Å². The van der Waals surface area contributed by atoms with Crippen LogP contribution in [-0.2, 0) is 10.0 Å². The van der Waals surface area contributed by atoms with E-state index in [1.165, 1.54) is 23.5 Å². The van der Waals surface area contributed by atoms with E-state index in [1.807, 2.05) is 19.9 Å². The number of amides is 1. The molecule has 27 heavy (non-hydrogen) atoms. The van der Waals surface area contributed by atoms with E-state index in [0.29, 0.717) is 12.2 Å². The maximum absolute atomic E-state index is 13.0. The summed E-state index contributed by atoms with van der Waals surface area (Å²) in [5.41, 5.74) is 0.669. The summed E-state index contributed by atoms with van der Waals surface area (Å²) in [4.78, 5) is 12.5. The zero-order chi connectivity index (χ0) is 19.2. The van der Waals surface area contributed by atoms with E-state index >= 15 is 0 Å². The van der Waals surface area contributed by atoms with Crippen molar-refractivity contribution in [1.29, 1.82) is 0 Å². The molecule has 0 aliphatic heterocycles. The lowest BCUT2D eigenvalue weighted by Crippen LogP contribution is -2.39. The lowest BCUT2D eigenvalue weighted by molar-refractivity contribution is 0.0947. The summed E-state index contributed by atoms with van der Waals surface area (Å²) in [5, 5.41) is 5.99. The van der Waals surface area contributed by atoms with E-state index < -0.39 is 15.9 Å². The van der Waals surface area contributed by atoms with Crippen molar-refractivity contribution >= 4 is 34.0 Å². The number of benzene rings is 2. The number of nitrogens with zero attached hydrogens (tertiary/aromatic N) is 1. The van der Waals surface area contributed by atoms with Crippen LogP contribution in [0.15, 0.2) is 59.5 Å². The number of nitrogens with one attached hydrogen (secondary N) is 2. The predicted octanol–water partition coefficient (Wildman–Crippen LogP) is 2.66. The minimum absolute atomic E-state index is 0. The first-order chi connectivity index (χ1) is 12.4. The van der Waals surface area contributed by atoms with Crippen LogP contribution in [0.2, 0.25) is 0 Å². The highest BCUT2D eigenvalue weighted by atomic mass is 35.5. The number of carbonyl (C=O) groups excluding carboxylic acids is 1. The van der Waals surface area contributed by atoms with Crippen molar-refractivity contribution in [2.75, 3.05) is 24.4 Å². The number of halogens is 1. The Morgan fingerprint density at radius 1 is 1.07 bits per heavy atom. The van der Waals surface area contributed by atoms with Crippen LogP contribution in [0.1, 0.15) is 24.2 Å². The quantitative estimate of drug-likeness (QED) is 0.700. The Balaban J connectivity index is 0.00000364. The van der Waals surface area contributed by atoms with Gasteiger partial charge < -0.3 is 10.6 Å². The second kappa shape index (κ2) is 10.3. The van der Waals surface area contributed by atoms with Gasteiger partial charge in [-0.1, -0.05) is 37.3 Å². The van der Waals surface area contributed by atoms with Crippen molar-refractivity contribution in [2.45, 2.75) is 24.8 Å². The summed E-state index contributed by atoms with van der Waals surface area (Å²) in [6.45, 7) is 5.15. The number of hydrogen-bond donors (Lipinski definition) is 2. The lowest BCUT2D eigenvalue weighted by atomic mass is 10.2. The van der Waals surface area contributed by atoms with Crippen LogP contribution >= 0.6 is 12.4 Å². The Labute approximate surface area is 167 Å². The monoisotopic (exact) mass is 411 g/mol. The zero-order valence-electron chi connectivity index (χ0n) is 15.7. The first-order valence-electron chi connectivity index (χ1n) is 8.52. The molecule has 0 unspecified atom stereocenters. The summed E-state index contributed by atoms with van der Waals surface area (Å²) < 4.78 is 27.2. The molecule has 0 aromatic heterocycles. The summed E-state index contributed by atoms with van der Waals surface area (Å²) in [5.74, 6) is -0.407. The Kier molecular flexibility index (Phi) is 8.75. The Morgan fingerprint density at radius 2 is 1.67 bits per heavy atom. The molecule has 0 saturated heterocycles. The molecule has 0 saturated carbocycles. The standard InChI is InChI=1S/C19H25N3O3S.ClH/c1-4-20-15(2)14-21-19(23)17-12-8-9-13-18(17)26(24,25)22(3)16-10-6-5-7-11-16;/h5-13,15,20H,4,14H2,1-3H3,(H,21,23);1H/t15-;/m1./s1. The van der Waals surface area contributed by atoms with Gasteiger partial charge in [0.2, 0.25) is 0 Å². The third-order valence-electron chi connectivity index (χ3n) is 4.01.